The van der Waals surface area contributed by atoms with Gasteiger partial charge in [-0.15, -0.1) is 0 Å². The molecule has 1 aliphatic rings. The molecular formula is C23H30N6O2. The minimum Gasteiger partial charge on any atom is -0.340 e. The molecule has 0 N–H and O–H groups in total. The predicted molar refractivity (Wildman–Crippen MR) is 117 cm³/mol. The second-order valence-corrected chi connectivity index (χ2v) is 9.05. The molecule has 0 saturated carbocycles. The van der Waals surface area contributed by atoms with Crippen LogP contribution in [0.1, 0.15) is 44.5 Å². The maximum atomic E-state index is 12.7. The van der Waals surface area contributed by atoms with Gasteiger partial charge in [0.05, 0.1) is 18.4 Å². The largest absolute Gasteiger partial charge is 0.340 e. The molecule has 1 amide bonds. The highest BCUT2D eigenvalue weighted by Gasteiger charge is 2.25. The van der Waals surface area contributed by atoms with Crippen LogP contribution in [-0.4, -0.2) is 61.8 Å². The Morgan fingerprint density at radius 2 is 1.84 bits per heavy atom. The SMILES string of the molecule is CC(C)(C)c1nc(CN2CCN(C(=O)CCc3cnn(-c4ccccc4)c3)CC2)no1. The summed E-state index contributed by atoms with van der Waals surface area (Å²) in [5.74, 6) is 1.56. The fraction of sp³-hybridized carbons (Fsp3) is 0.478. The zero-order chi connectivity index (χ0) is 21.8. The standard InChI is InChI=1S/C23H30N6O2/c1-23(2,3)22-25-20(26-31-22)17-27-11-13-28(14-12-27)21(30)10-9-18-15-24-29(16-18)19-7-5-4-6-8-19/h4-8,15-16H,9-14,17H2,1-3H3. The number of amides is 1. The lowest BCUT2D eigenvalue weighted by Crippen LogP contribution is -2.48. The van der Waals surface area contributed by atoms with Crippen molar-refractivity contribution in [3.63, 3.8) is 0 Å². The number of rotatable bonds is 6. The van der Waals surface area contributed by atoms with E-state index >= 15 is 0 Å². The Morgan fingerprint density at radius 1 is 1.10 bits per heavy atom. The summed E-state index contributed by atoms with van der Waals surface area (Å²) in [6.45, 7) is 9.91. The molecule has 1 aromatic carbocycles. The van der Waals surface area contributed by atoms with Gasteiger partial charge in [-0.05, 0) is 24.1 Å². The van der Waals surface area contributed by atoms with Crippen molar-refractivity contribution in [3.8, 4) is 5.69 Å². The first-order chi connectivity index (χ1) is 14.9. The number of para-hydroxylation sites is 1. The Hall–Kier alpha value is -3.00. The van der Waals surface area contributed by atoms with E-state index in [0.29, 0.717) is 31.1 Å². The lowest BCUT2D eigenvalue weighted by atomic mass is 9.97. The third-order valence-corrected chi connectivity index (χ3v) is 5.48. The third kappa shape index (κ3) is 5.38. The number of benzene rings is 1. The quantitative estimate of drug-likeness (QED) is 0.608. The van der Waals surface area contributed by atoms with Gasteiger partial charge in [-0.25, -0.2) is 4.68 Å². The van der Waals surface area contributed by atoms with Gasteiger partial charge in [0, 0.05) is 44.2 Å². The topological polar surface area (TPSA) is 80.3 Å². The van der Waals surface area contributed by atoms with Crippen LogP contribution in [-0.2, 0) is 23.2 Å². The highest BCUT2D eigenvalue weighted by Crippen LogP contribution is 2.20. The van der Waals surface area contributed by atoms with Crippen LogP contribution in [0.4, 0.5) is 0 Å². The number of hydrogen-bond acceptors (Lipinski definition) is 6. The third-order valence-electron chi connectivity index (χ3n) is 5.48. The normalized spacial score (nSPS) is 15.4. The molecule has 0 atom stereocenters. The molecule has 1 fully saturated rings. The van der Waals surface area contributed by atoms with E-state index in [2.05, 4.69) is 40.9 Å². The fourth-order valence-corrected chi connectivity index (χ4v) is 3.60. The van der Waals surface area contributed by atoms with Crippen LogP contribution in [0.25, 0.3) is 5.69 Å². The average molecular weight is 423 g/mol. The minimum atomic E-state index is -0.145. The molecule has 0 radical (unpaired) electrons. The van der Waals surface area contributed by atoms with E-state index in [1.807, 2.05) is 52.3 Å². The summed E-state index contributed by atoms with van der Waals surface area (Å²) < 4.78 is 7.22. The number of hydrogen-bond donors (Lipinski definition) is 0. The van der Waals surface area contributed by atoms with Gasteiger partial charge < -0.3 is 9.42 Å². The zero-order valence-corrected chi connectivity index (χ0v) is 18.5. The molecule has 2 aromatic heterocycles. The monoisotopic (exact) mass is 422 g/mol. The molecule has 4 rings (SSSR count). The molecule has 3 heterocycles. The van der Waals surface area contributed by atoms with Crippen LogP contribution in [0, 0.1) is 0 Å². The lowest BCUT2D eigenvalue weighted by Gasteiger charge is -2.34. The summed E-state index contributed by atoms with van der Waals surface area (Å²) in [4.78, 5) is 21.4. The van der Waals surface area contributed by atoms with Crippen molar-refractivity contribution in [1.82, 2.24) is 29.7 Å². The Morgan fingerprint density at radius 3 is 2.52 bits per heavy atom. The number of carbonyl (C=O) groups excluding carboxylic acids is 1. The molecule has 8 heteroatoms. The molecule has 8 nitrogen and oxygen atoms in total. The molecule has 0 unspecified atom stereocenters. The maximum absolute atomic E-state index is 12.7. The van der Waals surface area contributed by atoms with E-state index in [1.165, 1.54) is 0 Å². The second kappa shape index (κ2) is 9.01. The van der Waals surface area contributed by atoms with E-state index in [0.717, 1.165) is 37.4 Å². The first-order valence-electron chi connectivity index (χ1n) is 10.8. The number of aryl methyl sites for hydroxylation is 1. The predicted octanol–water partition coefficient (Wildman–Crippen LogP) is 2.83. The second-order valence-electron chi connectivity index (χ2n) is 9.05. The van der Waals surface area contributed by atoms with Crippen molar-refractivity contribution >= 4 is 5.91 Å². The van der Waals surface area contributed by atoms with E-state index < -0.39 is 0 Å². The summed E-state index contributed by atoms with van der Waals surface area (Å²) in [7, 11) is 0. The van der Waals surface area contributed by atoms with Gasteiger partial charge in [-0.2, -0.15) is 10.1 Å². The summed E-state index contributed by atoms with van der Waals surface area (Å²) in [6, 6.07) is 9.99. The van der Waals surface area contributed by atoms with E-state index in [9.17, 15) is 4.79 Å². The molecule has 0 bridgehead atoms. The van der Waals surface area contributed by atoms with Gasteiger partial charge in [0.25, 0.3) is 0 Å². The van der Waals surface area contributed by atoms with Crippen molar-refractivity contribution < 1.29 is 9.32 Å². The lowest BCUT2D eigenvalue weighted by molar-refractivity contribution is -0.133. The molecule has 0 spiro atoms. The summed E-state index contributed by atoms with van der Waals surface area (Å²) in [6.07, 6.45) is 5.04. The summed E-state index contributed by atoms with van der Waals surface area (Å²) in [5.41, 5.74) is 1.95. The Kier molecular flexibility index (Phi) is 6.18. The zero-order valence-electron chi connectivity index (χ0n) is 18.5. The highest BCUT2D eigenvalue weighted by atomic mass is 16.5. The van der Waals surface area contributed by atoms with Gasteiger partial charge in [0.2, 0.25) is 11.8 Å². The Balaban J connectivity index is 1.22. The number of aromatic nitrogens is 4. The molecule has 1 aliphatic heterocycles. The van der Waals surface area contributed by atoms with Crippen LogP contribution in [0.3, 0.4) is 0 Å². The molecule has 1 saturated heterocycles. The van der Waals surface area contributed by atoms with Crippen molar-refractivity contribution in [3.05, 3.63) is 60.0 Å². The fourth-order valence-electron chi connectivity index (χ4n) is 3.60. The summed E-state index contributed by atoms with van der Waals surface area (Å²) in [5, 5.41) is 8.51. The van der Waals surface area contributed by atoms with Crippen molar-refractivity contribution in [2.45, 2.75) is 45.6 Å². The Bertz CT molecular complexity index is 997. The van der Waals surface area contributed by atoms with Crippen LogP contribution in [0.5, 0.6) is 0 Å². The van der Waals surface area contributed by atoms with Gasteiger partial charge in [-0.1, -0.05) is 44.1 Å². The number of carbonyl (C=O) groups is 1. The van der Waals surface area contributed by atoms with Crippen LogP contribution in [0.15, 0.2) is 47.2 Å². The van der Waals surface area contributed by atoms with Crippen LogP contribution in [0.2, 0.25) is 0 Å². The molecule has 0 aliphatic carbocycles. The van der Waals surface area contributed by atoms with E-state index in [-0.39, 0.29) is 11.3 Å². The van der Waals surface area contributed by atoms with Crippen molar-refractivity contribution in [1.29, 1.82) is 0 Å². The first kappa shape index (κ1) is 21.2. The van der Waals surface area contributed by atoms with Crippen LogP contribution < -0.4 is 0 Å². The van der Waals surface area contributed by atoms with Crippen molar-refractivity contribution in [2.24, 2.45) is 0 Å². The number of piperazine rings is 1. The van der Waals surface area contributed by atoms with E-state index in [1.54, 1.807) is 0 Å². The molecule has 31 heavy (non-hydrogen) atoms. The van der Waals surface area contributed by atoms with Gasteiger partial charge in [0.15, 0.2) is 5.82 Å². The van der Waals surface area contributed by atoms with E-state index in [4.69, 9.17) is 4.52 Å². The van der Waals surface area contributed by atoms with Gasteiger partial charge >= 0.3 is 0 Å². The van der Waals surface area contributed by atoms with Gasteiger partial charge in [0.1, 0.15) is 0 Å². The first-order valence-corrected chi connectivity index (χ1v) is 10.8. The maximum Gasteiger partial charge on any atom is 0.232 e. The molecular weight excluding hydrogens is 392 g/mol. The molecule has 164 valence electrons. The minimum absolute atomic E-state index is 0.145. The van der Waals surface area contributed by atoms with Crippen LogP contribution >= 0.6 is 0 Å². The number of nitrogens with zero attached hydrogens (tertiary/aromatic N) is 6. The van der Waals surface area contributed by atoms with Crippen molar-refractivity contribution in [2.75, 3.05) is 26.2 Å². The molecule has 3 aromatic rings. The smallest absolute Gasteiger partial charge is 0.232 e. The Labute approximate surface area is 182 Å². The van der Waals surface area contributed by atoms with Gasteiger partial charge in [-0.3, -0.25) is 9.69 Å². The average Bonchev–Trinajstić information content (AvgIpc) is 3.43. The highest BCUT2D eigenvalue weighted by molar-refractivity contribution is 5.76. The summed E-state index contributed by atoms with van der Waals surface area (Å²) >= 11 is 0.